The number of carbonyl (C=O) groups is 2. The summed E-state index contributed by atoms with van der Waals surface area (Å²) in [6.07, 6.45) is -3.84. The van der Waals surface area contributed by atoms with E-state index in [9.17, 15) is 22.8 Å². The Labute approximate surface area is 168 Å². The van der Waals surface area contributed by atoms with Crippen LogP contribution in [0.5, 0.6) is 5.75 Å². The Bertz CT molecular complexity index is 674. The van der Waals surface area contributed by atoms with Gasteiger partial charge in [-0.2, -0.15) is 0 Å². The monoisotopic (exact) mass is 418 g/mol. The van der Waals surface area contributed by atoms with Gasteiger partial charge in [-0.05, 0) is 37.6 Å². The Kier molecular flexibility index (Phi) is 8.27. The van der Waals surface area contributed by atoms with Gasteiger partial charge in [0.25, 0.3) is 11.8 Å². The molecular weight excluding hydrogens is 389 g/mol. The summed E-state index contributed by atoms with van der Waals surface area (Å²) in [5, 5.41) is 5.60. The quantitative estimate of drug-likeness (QED) is 0.448. The number of nitrogens with one attached hydrogen (secondary N) is 4. The van der Waals surface area contributed by atoms with E-state index < -0.39 is 6.36 Å². The number of alkyl halides is 3. The van der Waals surface area contributed by atoms with E-state index in [-0.39, 0.29) is 23.6 Å². The SMILES string of the molecule is CCCNC(=O)C[NH+]1CC[NH+]([C@@H](C)C(=O)Nc2ccc(OC(F)(F)F)cc2)CC1. The van der Waals surface area contributed by atoms with Crippen molar-refractivity contribution in [3.8, 4) is 5.75 Å². The third-order valence-electron chi connectivity index (χ3n) is 4.94. The summed E-state index contributed by atoms with van der Waals surface area (Å²) < 4.78 is 40.4. The van der Waals surface area contributed by atoms with E-state index in [1.165, 1.54) is 17.0 Å². The molecule has 1 fully saturated rings. The highest BCUT2D eigenvalue weighted by molar-refractivity contribution is 5.93. The van der Waals surface area contributed by atoms with Crippen molar-refractivity contribution in [2.75, 3.05) is 44.6 Å². The number of quaternary nitrogens is 2. The number of hydrogen-bond donors (Lipinski definition) is 4. The first kappa shape index (κ1) is 23.0. The molecular formula is C19H29F3N4O3+2. The van der Waals surface area contributed by atoms with Gasteiger partial charge in [0.1, 0.15) is 31.9 Å². The van der Waals surface area contributed by atoms with Gasteiger partial charge in [0.15, 0.2) is 12.6 Å². The van der Waals surface area contributed by atoms with Crippen LogP contribution in [-0.4, -0.2) is 63.5 Å². The summed E-state index contributed by atoms with van der Waals surface area (Å²) in [4.78, 5) is 26.6. The Morgan fingerprint density at radius 3 is 2.31 bits per heavy atom. The van der Waals surface area contributed by atoms with Crippen LogP contribution in [0.1, 0.15) is 20.3 Å². The van der Waals surface area contributed by atoms with Gasteiger partial charge in [0.05, 0.1) is 0 Å². The molecule has 1 saturated heterocycles. The van der Waals surface area contributed by atoms with Gasteiger partial charge in [0, 0.05) is 12.2 Å². The maximum atomic E-state index is 12.5. The van der Waals surface area contributed by atoms with Gasteiger partial charge in [0.2, 0.25) is 0 Å². The molecule has 7 nitrogen and oxygen atoms in total. The first-order valence-electron chi connectivity index (χ1n) is 9.79. The minimum absolute atomic E-state index is 0.0500. The zero-order valence-electron chi connectivity index (χ0n) is 16.7. The average Bonchev–Trinajstić information content (AvgIpc) is 2.66. The number of rotatable bonds is 8. The van der Waals surface area contributed by atoms with Crippen molar-refractivity contribution >= 4 is 17.5 Å². The van der Waals surface area contributed by atoms with Gasteiger partial charge < -0.3 is 25.2 Å². The van der Waals surface area contributed by atoms with Crippen LogP contribution in [0.2, 0.25) is 0 Å². The van der Waals surface area contributed by atoms with Crippen molar-refractivity contribution in [1.82, 2.24) is 5.32 Å². The van der Waals surface area contributed by atoms with E-state index in [4.69, 9.17) is 0 Å². The number of piperazine rings is 1. The fourth-order valence-corrected chi connectivity index (χ4v) is 3.26. The lowest BCUT2D eigenvalue weighted by Crippen LogP contribution is -3.30. The predicted octanol–water partition coefficient (Wildman–Crippen LogP) is -0.778. The molecule has 1 heterocycles. The highest BCUT2D eigenvalue weighted by Crippen LogP contribution is 2.23. The molecule has 2 amide bonds. The molecule has 0 saturated carbocycles. The number of hydrogen-bond acceptors (Lipinski definition) is 3. The standard InChI is InChI=1S/C19H27F3N4O3/c1-3-8-23-17(27)13-25-9-11-26(12-10-25)14(2)18(28)24-15-4-6-16(7-5-15)29-19(20,21)22/h4-7,14H,3,8-13H2,1-2H3,(H,23,27)(H,24,28)/p+2/t14-/m0/s1. The van der Waals surface area contributed by atoms with Gasteiger partial charge in [-0.3, -0.25) is 9.59 Å². The van der Waals surface area contributed by atoms with Crippen molar-refractivity contribution in [3.63, 3.8) is 0 Å². The van der Waals surface area contributed by atoms with Crippen molar-refractivity contribution in [2.45, 2.75) is 32.7 Å². The minimum atomic E-state index is -4.75. The summed E-state index contributed by atoms with van der Waals surface area (Å²) in [5.74, 6) is -0.487. The lowest BCUT2D eigenvalue weighted by molar-refractivity contribution is -1.01. The Balaban J connectivity index is 1.78. The molecule has 29 heavy (non-hydrogen) atoms. The number of amides is 2. The summed E-state index contributed by atoms with van der Waals surface area (Å²) in [5.41, 5.74) is 0.410. The van der Waals surface area contributed by atoms with Gasteiger partial charge in [-0.25, -0.2) is 0 Å². The van der Waals surface area contributed by atoms with E-state index in [1.54, 1.807) is 0 Å². The first-order chi connectivity index (χ1) is 13.7. The molecule has 10 heteroatoms. The maximum Gasteiger partial charge on any atom is 0.573 e. The van der Waals surface area contributed by atoms with Crippen LogP contribution in [0.15, 0.2) is 24.3 Å². The minimum Gasteiger partial charge on any atom is -0.406 e. The molecule has 162 valence electrons. The molecule has 1 aliphatic heterocycles. The van der Waals surface area contributed by atoms with Crippen molar-refractivity contribution in [2.24, 2.45) is 0 Å². The fourth-order valence-electron chi connectivity index (χ4n) is 3.26. The topological polar surface area (TPSA) is 76.3 Å². The molecule has 4 N–H and O–H groups in total. The molecule has 1 aliphatic rings. The van der Waals surface area contributed by atoms with E-state index in [1.807, 2.05) is 13.8 Å². The Morgan fingerprint density at radius 1 is 1.14 bits per heavy atom. The fraction of sp³-hybridized carbons (Fsp3) is 0.579. The number of anilines is 1. The third kappa shape index (κ3) is 7.90. The molecule has 0 radical (unpaired) electrons. The number of ether oxygens (including phenoxy) is 1. The highest BCUT2D eigenvalue weighted by Gasteiger charge is 2.32. The van der Waals surface area contributed by atoms with E-state index in [2.05, 4.69) is 15.4 Å². The Morgan fingerprint density at radius 2 is 1.76 bits per heavy atom. The number of halogens is 3. The van der Waals surface area contributed by atoms with Crippen LogP contribution in [0.25, 0.3) is 0 Å². The van der Waals surface area contributed by atoms with Crippen molar-refractivity contribution in [1.29, 1.82) is 0 Å². The van der Waals surface area contributed by atoms with Crippen LogP contribution in [0.4, 0.5) is 18.9 Å². The molecule has 0 spiro atoms. The van der Waals surface area contributed by atoms with Crippen LogP contribution in [0.3, 0.4) is 0 Å². The summed E-state index contributed by atoms with van der Waals surface area (Å²) in [6.45, 7) is 8.10. The lowest BCUT2D eigenvalue weighted by atomic mass is 10.2. The predicted molar refractivity (Wildman–Crippen MR) is 101 cm³/mol. The highest BCUT2D eigenvalue weighted by atomic mass is 19.4. The number of carbonyl (C=O) groups excluding carboxylic acids is 2. The molecule has 0 aromatic heterocycles. The second-order valence-corrected chi connectivity index (χ2v) is 7.22. The molecule has 2 rings (SSSR count). The summed E-state index contributed by atoms with van der Waals surface area (Å²) in [6, 6.07) is 4.76. The lowest BCUT2D eigenvalue weighted by Gasteiger charge is -2.32. The van der Waals surface area contributed by atoms with E-state index >= 15 is 0 Å². The maximum absolute atomic E-state index is 12.5. The normalized spacial score (nSPS) is 20.6. The second-order valence-electron chi connectivity index (χ2n) is 7.22. The zero-order chi connectivity index (χ0) is 21.4. The largest absolute Gasteiger partial charge is 0.573 e. The zero-order valence-corrected chi connectivity index (χ0v) is 16.7. The second kappa shape index (κ2) is 10.4. The molecule has 1 aromatic rings. The van der Waals surface area contributed by atoms with Gasteiger partial charge in [-0.1, -0.05) is 6.92 Å². The average molecular weight is 418 g/mol. The smallest absolute Gasteiger partial charge is 0.406 e. The van der Waals surface area contributed by atoms with Gasteiger partial charge in [-0.15, -0.1) is 13.2 Å². The van der Waals surface area contributed by atoms with Crippen LogP contribution in [0, 0.1) is 0 Å². The van der Waals surface area contributed by atoms with Crippen molar-refractivity contribution < 1.29 is 37.3 Å². The molecule has 1 aromatic carbocycles. The van der Waals surface area contributed by atoms with Crippen LogP contribution >= 0.6 is 0 Å². The van der Waals surface area contributed by atoms with Gasteiger partial charge >= 0.3 is 6.36 Å². The van der Waals surface area contributed by atoms with Crippen LogP contribution < -0.4 is 25.2 Å². The molecule has 1 atom stereocenters. The third-order valence-corrected chi connectivity index (χ3v) is 4.94. The molecule has 0 bridgehead atoms. The first-order valence-corrected chi connectivity index (χ1v) is 9.79. The summed E-state index contributed by atoms with van der Waals surface area (Å²) >= 11 is 0. The van der Waals surface area contributed by atoms with Crippen LogP contribution in [-0.2, 0) is 9.59 Å². The van der Waals surface area contributed by atoms with E-state index in [0.29, 0.717) is 18.8 Å². The molecule has 0 unspecified atom stereocenters. The number of benzene rings is 1. The summed E-state index contributed by atoms with van der Waals surface area (Å²) in [7, 11) is 0. The van der Waals surface area contributed by atoms with Crippen molar-refractivity contribution in [3.05, 3.63) is 24.3 Å². The van der Waals surface area contributed by atoms with E-state index in [0.717, 1.165) is 49.6 Å². The molecule has 0 aliphatic carbocycles. The Hall–Kier alpha value is -2.33.